The molecular weight excluding hydrogens is 813 g/mol. The minimum Gasteiger partial charge on any atom is -0.508 e. The number of phenolic OH excluding ortho intramolecular Hbond substituents is 2. The van der Waals surface area contributed by atoms with Gasteiger partial charge in [0, 0.05) is 38.1 Å². The van der Waals surface area contributed by atoms with E-state index in [2.05, 4.69) is 41.5 Å². The molecule has 1 heterocycles. The average Bonchev–Trinajstić information content (AvgIpc) is 3.19. The summed E-state index contributed by atoms with van der Waals surface area (Å²) < 4.78 is 35.4. The van der Waals surface area contributed by atoms with E-state index in [1.165, 1.54) is 0 Å². The van der Waals surface area contributed by atoms with Crippen LogP contribution in [0.25, 0.3) is 0 Å². The predicted octanol–water partition coefficient (Wildman–Crippen LogP) is 8.14. The molecule has 0 spiro atoms. The van der Waals surface area contributed by atoms with Gasteiger partial charge in [-0.3, -0.25) is 9.98 Å². The Morgan fingerprint density at radius 1 is 0.531 bits per heavy atom. The molecule has 1 aliphatic heterocycles. The predicted molar refractivity (Wildman–Crippen MR) is 249 cm³/mol. The van der Waals surface area contributed by atoms with Gasteiger partial charge in [-0.2, -0.15) is 0 Å². The summed E-state index contributed by atoms with van der Waals surface area (Å²) in [6.45, 7) is 18.7. The fourth-order valence-corrected chi connectivity index (χ4v) is 8.98. The van der Waals surface area contributed by atoms with Crippen LogP contribution in [0, 0.1) is 0 Å². The Balaban J connectivity index is 1.73. The first-order valence-corrected chi connectivity index (χ1v) is 22.3. The Kier molecular flexibility index (Phi) is 15.9. The van der Waals surface area contributed by atoms with Crippen molar-refractivity contribution in [1.29, 1.82) is 0 Å². The van der Waals surface area contributed by atoms with E-state index >= 15 is 0 Å². The molecule has 0 unspecified atom stereocenters. The lowest BCUT2D eigenvalue weighted by Crippen LogP contribution is -2.21. The SMILES string of the molecule is CCOC(=O)COc1c2cc3cc1Cc1cc(O)cc(c1C(C)(C)C)Cc1cc(cc(c1OCC(=O)OCC)Cc1cc(O)cc(c1C(C)(C)C)C2)C=NCCOCCOCCN=C3. The van der Waals surface area contributed by atoms with E-state index in [4.69, 9.17) is 38.4 Å². The summed E-state index contributed by atoms with van der Waals surface area (Å²) in [4.78, 5) is 35.4. The summed E-state index contributed by atoms with van der Waals surface area (Å²) in [7, 11) is 0. The Bertz CT molecular complexity index is 2110. The molecule has 342 valence electrons. The fraction of sp³-hybridized carbons (Fsp3) is 0.462. The summed E-state index contributed by atoms with van der Waals surface area (Å²) in [6, 6.07) is 15.3. The van der Waals surface area contributed by atoms with E-state index in [0.717, 1.165) is 66.8 Å². The highest BCUT2D eigenvalue weighted by molar-refractivity contribution is 5.82. The Labute approximate surface area is 377 Å². The lowest BCUT2D eigenvalue weighted by atomic mass is 9.76. The van der Waals surface area contributed by atoms with E-state index in [0.29, 0.717) is 76.7 Å². The summed E-state index contributed by atoms with van der Waals surface area (Å²) in [6.07, 6.45) is 4.95. The molecule has 0 aromatic heterocycles. The second-order valence-corrected chi connectivity index (χ2v) is 18.3. The molecule has 0 atom stereocenters. The molecule has 4 aromatic rings. The zero-order valence-electron chi connectivity index (χ0n) is 38.7. The molecule has 0 saturated carbocycles. The molecule has 10 bridgehead atoms. The highest BCUT2D eigenvalue weighted by Crippen LogP contribution is 2.42. The second kappa shape index (κ2) is 21.3. The maximum absolute atomic E-state index is 13.0. The first-order chi connectivity index (χ1) is 30.5. The largest absolute Gasteiger partial charge is 0.508 e. The zero-order chi connectivity index (χ0) is 46.0. The van der Waals surface area contributed by atoms with Crippen LogP contribution in [0.3, 0.4) is 0 Å². The number of phenols is 2. The molecular formula is C52H64N2O10. The summed E-state index contributed by atoms with van der Waals surface area (Å²) in [5, 5.41) is 23.2. The zero-order valence-corrected chi connectivity index (χ0v) is 38.7. The van der Waals surface area contributed by atoms with E-state index < -0.39 is 22.8 Å². The van der Waals surface area contributed by atoms with Crippen LogP contribution in [-0.2, 0) is 65.0 Å². The Morgan fingerprint density at radius 2 is 0.859 bits per heavy atom. The number of hydrogen-bond donors (Lipinski definition) is 2. The number of aromatic hydroxyl groups is 2. The molecule has 0 amide bonds. The number of fused-ring (bicyclic) bond motifs is 6. The Hall–Kier alpha value is -5.72. The van der Waals surface area contributed by atoms with E-state index in [1.54, 1.807) is 38.1 Å². The van der Waals surface area contributed by atoms with Crippen LogP contribution < -0.4 is 9.47 Å². The minimum absolute atomic E-state index is 0.0868. The molecule has 12 nitrogen and oxygen atoms in total. The number of aliphatic imine (C=N–C) groups is 2. The van der Waals surface area contributed by atoms with Crippen LogP contribution in [0.4, 0.5) is 0 Å². The first kappa shape index (κ1) is 47.8. The standard InChI is InChI=1S/C52H64N2O10/c1-9-61-45(57)31-63-49-39-17-33-18-40(49)22-36-26-44(56)28-38(48(36)52(6,7)8)24-42-20-34(30-54-12-14-60-16-15-59-13-11-53-29-33)19-41(50(42)64-32-46(58)62-10-2)23-37-27-43(55)25-35(21-39)47(37)51(3,4)5/h17-20,25-30,55-56H,9-16,21-24,31-32H2,1-8H3. The summed E-state index contributed by atoms with van der Waals surface area (Å²) in [5.74, 6) is 0.218. The maximum Gasteiger partial charge on any atom is 0.344 e. The van der Waals surface area contributed by atoms with Gasteiger partial charge in [0.25, 0.3) is 0 Å². The monoisotopic (exact) mass is 876 g/mol. The van der Waals surface area contributed by atoms with Crippen molar-refractivity contribution in [2.24, 2.45) is 9.98 Å². The topological polar surface area (TPSA) is 155 Å². The maximum atomic E-state index is 13.0. The quantitative estimate of drug-likeness (QED) is 0.146. The van der Waals surface area contributed by atoms with Gasteiger partial charge < -0.3 is 38.6 Å². The lowest BCUT2D eigenvalue weighted by Gasteiger charge is -2.30. The van der Waals surface area contributed by atoms with Gasteiger partial charge in [-0.15, -0.1) is 0 Å². The van der Waals surface area contributed by atoms with Gasteiger partial charge in [-0.05, 0) is 140 Å². The van der Waals surface area contributed by atoms with Crippen molar-refractivity contribution >= 4 is 24.4 Å². The highest BCUT2D eigenvalue weighted by atomic mass is 16.6. The highest BCUT2D eigenvalue weighted by Gasteiger charge is 2.29. The number of rotatable bonds is 8. The van der Waals surface area contributed by atoms with Crippen molar-refractivity contribution in [2.75, 3.05) is 65.9 Å². The van der Waals surface area contributed by atoms with Crippen molar-refractivity contribution < 1.29 is 48.2 Å². The third-order valence-corrected chi connectivity index (χ3v) is 11.0. The third-order valence-electron chi connectivity index (χ3n) is 11.0. The van der Waals surface area contributed by atoms with Crippen LogP contribution in [0.1, 0.15) is 122 Å². The molecule has 1 aliphatic carbocycles. The van der Waals surface area contributed by atoms with Crippen molar-refractivity contribution in [2.45, 2.75) is 91.9 Å². The van der Waals surface area contributed by atoms with Gasteiger partial charge >= 0.3 is 11.9 Å². The molecule has 0 radical (unpaired) electrons. The van der Waals surface area contributed by atoms with E-state index in [-0.39, 0.29) is 37.9 Å². The normalized spacial score (nSPS) is 14.8. The van der Waals surface area contributed by atoms with Gasteiger partial charge in [0.1, 0.15) is 23.0 Å². The number of carbonyl (C=O) groups is 2. The van der Waals surface area contributed by atoms with Crippen molar-refractivity contribution in [3.63, 3.8) is 0 Å². The number of benzene rings is 4. The molecule has 0 saturated heterocycles. The fourth-order valence-electron chi connectivity index (χ4n) is 8.98. The second-order valence-electron chi connectivity index (χ2n) is 18.3. The summed E-state index contributed by atoms with van der Waals surface area (Å²) >= 11 is 0. The molecule has 4 aromatic carbocycles. The van der Waals surface area contributed by atoms with Crippen molar-refractivity contribution in [1.82, 2.24) is 0 Å². The molecule has 2 aliphatic rings. The van der Waals surface area contributed by atoms with Gasteiger partial charge in [-0.25, -0.2) is 9.59 Å². The molecule has 2 N–H and O–H groups in total. The Morgan fingerprint density at radius 3 is 1.16 bits per heavy atom. The van der Waals surface area contributed by atoms with Crippen LogP contribution in [0.5, 0.6) is 23.0 Å². The van der Waals surface area contributed by atoms with E-state index in [1.807, 2.05) is 36.7 Å². The lowest BCUT2D eigenvalue weighted by molar-refractivity contribution is -0.146. The summed E-state index contributed by atoms with van der Waals surface area (Å²) in [5.41, 5.74) is 9.40. The smallest absolute Gasteiger partial charge is 0.344 e. The van der Waals surface area contributed by atoms with Crippen LogP contribution in [0.15, 0.2) is 58.5 Å². The number of nitrogens with zero attached hydrogens (tertiary/aromatic N) is 2. The van der Waals surface area contributed by atoms with Crippen molar-refractivity contribution in [3.8, 4) is 23.0 Å². The van der Waals surface area contributed by atoms with Crippen LogP contribution in [0.2, 0.25) is 0 Å². The number of ether oxygens (including phenoxy) is 6. The van der Waals surface area contributed by atoms with Gasteiger partial charge in [0.2, 0.25) is 0 Å². The molecule has 64 heavy (non-hydrogen) atoms. The van der Waals surface area contributed by atoms with Gasteiger partial charge in [-0.1, -0.05) is 41.5 Å². The first-order valence-electron chi connectivity index (χ1n) is 22.3. The van der Waals surface area contributed by atoms with Crippen LogP contribution in [-0.4, -0.2) is 101 Å². The number of carbonyl (C=O) groups excluding carboxylic acids is 2. The number of hydrogen-bond acceptors (Lipinski definition) is 12. The molecule has 0 fully saturated rings. The molecule has 12 heteroatoms. The molecule has 6 rings (SSSR count). The van der Waals surface area contributed by atoms with Crippen molar-refractivity contribution in [3.05, 3.63) is 115 Å². The van der Waals surface area contributed by atoms with Gasteiger partial charge in [0.15, 0.2) is 13.2 Å². The minimum atomic E-state index is -0.496. The van der Waals surface area contributed by atoms with Crippen LogP contribution >= 0.6 is 0 Å². The van der Waals surface area contributed by atoms with E-state index in [9.17, 15) is 19.8 Å². The number of esters is 2. The third kappa shape index (κ3) is 12.5. The van der Waals surface area contributed by atoms with Gasteiger partial charge in [0.05, 0.1) is 52.7 Å². The average molecular weight is 877 g/mol.